The Labute approximate surface area is 180 Å². The lowest BCUT2D eigenvalue weighted by atomic mass is 10.1. The number of hydrogen-bond donors (Lipinski definition) is 1. The summed E-state index contributed by atoms with van der Waals surface area (Å²) >= 11 is 0. The lowest BCUT2D eigenvalue weighted by Gasteiger charge is -2.23. The zero-order chi connectivity index (χ0) is 21.2. The summed E-state index contributed by atoms with van der Waals surface area (Å²) < 4.78 is 22.7. The molecule has 7 heteroatoms. The van der Waals surface area contributed by atoms with Crippen LogP contribution in [-0.4, -0.2) is 71.1 Å². The van der Waals surface area contributed by atoms with Gasteiger partial charge in [0, 0.05) is 45.3 Å². The number of rotatable bonds is 10. The van der Waals surface area contributed by atoms with Crippen LogP contribution in [0, 0.1) is 5.92 Å². The Morgan fingerprint density at radius 3 is 2.73 bits per heavy atom. The maximum Gasteiger partial charge on any atom is 0.193 e. The van der Waals surface area contributed by atoms with E-state index in [4.69, 9.17) is 18.9 Å². The molecule has 1 saturated carbocycles. The van der Waals surface area contributed by atoms with Crippen molar-refractivity contribution in [3.63, 3.8) is 0 Å². The second-order valence-electron chi connectivity index (χ2n) is 8.04. The fourth-order valence-electron chi connectivity index (χ4n) is 4.23. The first kappa shape index (κ1) is 22.7. The van der Waals surface area contributed by atoms with Crippen LogP contribution in [0.3, 0.4) is 0 Å². The average Bonchev–Trinajstić information content (AvgIpc) is 3.45. The third-order valence-electron chi connectivity index (χ3n) is 5.89. The van der Waals surface area contributed by atoms with Crippen molar-refractivity contribution in [1.82, 2.24) is 10.2 Å². The molecule has 1 aromatic carbocycles. The number of methoxy groups -OCH3 is 2. The van der Waals surface area contributed by atoms with Gasteiger partial charge in [0.1, 0.15) is 0 Å². The van der Waals surface area contributed by atoms with Crippen molar-refractivity contribution in [2.24, 2.45) is 10.9 Å². The highest BCUT2D eigenvalue weighted by molar-refractivity contribution is 5.80. The van der Waals surface area contributed by atoms with Gasteiger partial charge in [0.05, 0.1) is 33.0 Å². The van der Waals surface area contributed by atoms with Crippen LogP contribution in [0.25, 0.3) is 0 Å². The summed E-state index contributed by atoms with van der Waals surface area (Å²) in [7, 11) is 5.24. The number of nitrogens with one attached hydrogen (secondary N) is 1. The van der Waals surface area contributed by atoms with Crippen LogP contribution in [0.5, 0.6) is 11.5 Å². The summed E-state index contributed by atoms with van der Waals surface area (Å²) in [6.07, 6.45) is 6.12. The van der Waals surface area contributed by atoms with Gasteiger partial charge in [0.25, 0.3) is 0 Å². The largest absolute Gasteiger partial charge is 0.493 e. The van der Waals surface area contributed by atoms with E-state index in [0.717, 1.165) is 62.0 Å². The van der Waals surface area contributed by atoms with Crippen molar-refractivity contribution in [2.45, 2.75) is 44.8 Å². The fraction of sp³-hybridized carbons (Fsp3) is 0.696. The Morgan fingerprint density at radius 2 is 2.00 bits per heavy atom. The first-order valence-corrected chi connectivity index (χ1v) is 11.1. The topological polar surface area (TPSA) is 64.6 Å². The van der Waals surface area contributed by atoms with Gasteiger partial charge < -0.3 is 29.2 Å². The smallest absolute Gasteiger partial charge is 0.193 e. The van der Waals surface area contributed by atoms with Gasteiger partial charge in [-0.1, -0.05) is 12.1 Å². The molecule has 2 aliphatic rings. The van der Waals surface area contributed by atoms with Crippen molar-refractivity contribution in [1.29, 1.82) is 0 Å². The summed E-state index contributed by atoms with van der Waals surface area (Å²) in [5.41, 5.74) is 1.10. The van der Waals surface area contributed by atoms with E-state index >= 15 is 0 Å². The standard InChI is InChI=1S/C23H37N3O4/c1-24-23(26-12-11-18(16-26)17-29-14-13-27-2)25-15-19-7-6-10-21(28-3)22(19)30-20-8-4-5-9-20/h6-7,10,18,20H,4-5,8-9,11-17H2,1-3H3,(H,24,25). The molecule has 0 aromatic heterocycles. The van der Waals surface area contributed by atoms with Crippen LogP contribution in [0.1, 0.15) is 37.7 Å². The molecule has 0 bridgehead atoms. The van der Waals surface area contributed by atoms with E-state index in [2.05, 4.69) is 21.3 Å². The SMILES string of the molecule is CN=C(NCc1cccc(OC)c1OC1CCCC1)N1CCC(COCCOC)C1. The number of likely N-dealkylation sites (tertiary alicyclic amines) is 1. The second-order valence-corrected chi connectivity index (χ2v) is 8.04. The number of hydrogen-bond acceptors (Lipinski definition) is 5. The van der Waals surface area contributed by atoms with Crippen molar-refractivity contribution in [3.8, 4) is 11.5 Å². The van der Waals surface area contributed by atoms with E-state index in [1.165, 1.54) is 12.8 Å². The highest BCUT2D eigenvalue weighted by Crippen LogP contribution is 2.34. The summed E-state index contributed by atoms with van der Waals surface area (Å²) in [5, 5.41) is 3.52. The van der Waals surface area contributed by atoms with Crippen molar-refractivity contribution in [3.05, 3.63) is 23.8 Å². The maximum absolute atomic E-state index is 6.36. The molecule has 1 aromatic rings. The van der Waals surface area contributed by atoms with E-state index < -0.39 is 0 Å². The van der Waals surface area contributed by atoms with E-state index in [1.54, 1.807) is 14.2 Å². The van der Waals surface area contributed by atoms with Gasteiger partial charge in [-0.3, -0.25) is 4.99 Å². The van der Waals surface area contributed by atoms with Crippen LogP contribution in [-0.2, 0) is 16.0 Å². The van der Waals surface area contributed by atoms with E-state index in [9.17, 15) is 0 Å². The van der Waals surface area contributed by atoms with E-state index in [-0.39, 0.29) is 6.10 Å². The molecule has 1 aliphatic carbocycles. The average molecular weight is 420 g/mol. The predicted octanol–water partition coefficient (Wildman–Crippen LogP) is 3.08. The van der Waals surface area contributed by atoms with Crippen LogP contribution in [0.2, 0.25) is 0 Å². The normalized spacial score (nSPS) is 20.0. The molecule has 7 nitrogen and oxygen atoms in total. The highest BCUT2D eigenvalue weighted by atomic mass is 16.5. The first-order valence-electron chi connectivity index (χ1n) is 11.1. The molecule has 0 spiro atoms. The van der Waals surface area contributed by atoms with Crippen molar-refractivity contribution < 1.29 is 18.9 Å². The lowest BCUT2D eigenvalue weighted by Crippen LogP contribution is -2.40. The predicted molar refractivity (Wildman–Crippen MR) is 118 cm³/mol. The van der Waals surface area contributed by atoms with Crippen LogP contribution >= 0.6 is 0 Å². The van der Waals surface area contributed by atoms with Crippen LogP contribution in [0.4, 0.5) is 0 Å². The molecule has 168 valence electrons. The Hall–Kier alpha value is -1.99. The Kier molecular flexibility index (Phi) is 9.08. The molecule has 0 radical (unpaired) electrons. The number of nitrogens with zero attached hydrogens (tertiary/aromatic N) is 2. The lowest BCUT2D eigenvalue weighted by molar-refractivity contribution is 0.0536. The number of aliphatic imine (C=N–C) groups is 1. The van der Waals surface area contributed by atoms with Crippen molar-refractivity contribution in [2.75, 3.05) is 54.2 Å². The Morgan fingerprint density at radius 1 is 1.17 bits per heavy atom. The first-order chi connectivity index (χ1) is 14.7. The Bertz CT molecular complexity index is 676. The minimum atomic E-state index is 0.289. The molecule has 1 unspecified atom stereocenters. The summed E-state index contributed by atoms with van der Waals surface area (Å²) in [6, 6.07) is 6.09. The fourth-order valence-corrected chi connectivity index (χ4v) is 4.23. The van der Waals surface area contributed by atoms with Gasteiger partial charge in [0.2, 0.25) is 0 Å². The second kappa shape index (κ2) is 12.0. The molecule has 1 heterocycles. The van der Waals surface area contributed by atoms with Gasteiger partial charge in [0.15, 0.2) is 17.5 Å². The number of ether oxygens (including phenoxy) is 4. The molecule has 30 heavy (non-hydrogen) atoms. The summed E-state index contributed by atoms with van der Waals surface area (Å²) in [4.78, 5) is 6.81. The maximum atomic E-state index is 6.36. The molecule has 0 amide bonds. The molecule has 3 rings (SSSR count). The Balaban J connectivity index is 1.56. The van der Waals surface area contributed by atoms with Gasteiger partial charge in [-0.2, -0.15) is 0 Å². The minimum absolute atomic E-state index is 0.289. The number of para-hydroxylation sites is 1. The van der Waals surface area contributed by atoms with Gasteiger partial charge >= 0.3 is 0 Å². The summed E-state index contributed by atoms with van der Waals surface area (Å²) in [6.45, 7) is 4.66. The number of guanidine groups is 1. The molecular weight excluding hydrogens is 382 g/mol. The molecule has 2 fully saturated rings. The summed E-state index contributed by atoms with van der Waals surface area (Å²) in [5.74, 6) is 3.11. The minimum Gasteiger partial charge on any atom is -0.493 e. The van der Waals surface area contributed by atoms with Crippen LogP contribution < -0.4 is 14.8 Å². The third kappa shape index (κ3) is 6.25. The molecular formula is C23H37N3O4. The van der Waals surface area contributed by atoms with Gasteiger partial charge in [-0.15, -0.1) is 0 Å². The van der Waals surface area contributed by atoms with Gasteiger partial charge in [-0.25, -0.2) is 0 Å². The van der Waals surface area contributed by atoms with Crippen LogP contribution in [0.15, 0.2) is 23.2 Å². The molecule has 1 aliphatic heterocycles. The van der Waals surface area contributed by atoms with Crippen molar-refractivity contribution >= 4 is 5.96 Å². The van der Waals surface area contributed by atoms with E-state index in [1.807, 2.05) is 19.2 Å². The van der Waals surface area contributed by atoms with Gasteiger partial charge in [-0.05, 0) is 38.2 Å². The number of benzene rings is 1. The molecule has 1 atom stereocenters. The molecule has 1 N–H and O–H groups in total. The third-order valence-corrected chi connectivity index (χ3v) is 5.89. The zero-order valence-electron chi connectivity index (χ0n) is 18.7. The molecule has 1 saturated heterocycles. The highest BCUT2D eigenvalue weighted by Gasteiger charge is 2.25. The quantitative estimate of drug-likeness (QED) is 0.357. The monoisotopic (exact) mass is 419 g/mol. The zero-order valence-corrected chi connectivity index (χ0v) is 18.7. The van der Waals surface area contributed by atoms with E-state index in [0.29, 0.717) is 25.7 Å².